The van der Waals surface area contributed by atoms with Crippen LogP contribution in [0.3, 0.4) is 0 Å². The van der Waals surface area contributed by atoms with Crippen LogP contribution in [0.25, 0.3) is 10.2 Å². The molecule has 2 aromatic rings. The summed E-state index contributed by atoms with van der Waals surface area (Å²) in [5.74, 6) is 0.111. The highest BCUT2D eigenvalue weighted by atomic mass is 32.1. The lowest BCUT2D eigenvalue weighted by Gasteiger charge is -2.26. The second-order valence-corrected chi connectivity index (χ2v) is 7.92. The molecule has 0 radical (unpaired) electrons. The van der Waals surface area contributed by atoms with Gasteiger partial charge in [-0.3, -0.25) is 4.79 Å². The van der Waals surface area contributed by atoms with Gasteiger partial charge in [-0.15, -0.1) is 11.3 Å². The molecule has 1 saturated carbocycles. The quantitative estimate of drug-likeness (QED) is 0.799. The van der Waals surface area contributed by atoms with Crippen LogP contribution in [0.1, 0.15) is 53.4 Å². The maximum atomic E-state index is 12.4. The molecule has 2 heterocycles. The van der Waals surface area contributed by atoms with Gasteiger partial charge in [-0.25, -0.2) is 4.98 Å². The molecule has 0 unspecified atom stereocenters. The number of fused-ring (bicyclic) bond motifs is 1. The number of hydrogen-bond donors (Lipinski definition) is 3. The van der Waals surface area contributed by atoms with Crippen LogP contribution in [0.2, 0.25) is 0 Å². The van der Waals surface area contributed by atoms with E-state index >= 15 is 0 Å². The molecule has 1 amide bonds. The van der Waals surface area contributed by atoms with Gasteiger partial charge in [-0.05, 0) is 44.0 Å². The Hall–Kier alpha value is -1.50. The van der Waals surface area contributed by atoms with Gasteiger partial charge in [0.1, 0.15) is 0 Å². The minimum absolute atomic E-state index is 0.0145. The minimum Gasteiger partial charge on any atom is -0.391 e. The highest BCUT2D eigenvalue weighted by Gasteiger charge is 2.27. The number of amides is 1. The van der Waals surface area contributed by atoms with E-state index in [0.29, 0.717) is 18.2 Å². The Bertz CT molecular complexity index is 739. The third kappa shape index (κ3) is 3.18. The first kappa shape index (κ1) is 16.0. The highest BCUT2D eigenvalue weighted by molar-refractivity contribution is 7.18. The number of piperidine rings is 1. The molecule has 2 aliphatic rings. The number of aromatic nitrogens is 1. The fraction of sp³-hybridized carbons (Fsp3) is 0.556. The van der Waals surface area contributed by atoms with E-state index in [2.05, 4.69) is 15.6 Å². The molecule has 4 rings (SSSR count). The fourth-order valence-electron chi connectivity index (χ4n) is 3.71. The Morgan fingerprint density at radius 2 is 2.12 bits per heavy atom. The van der Waals surface area contributed by atoms with Gasteiger partial charge >= 0.3 is 0 Å². The molecule has 2 fully saturated rings. The summed E-state index contributed by atoms with van der Waals surface area (Å²) in [6.07, 6.45) is 5.11. The first-order valence-corrected chi connectivity index (χ1v) is 9.62. The van der Waals surface area contributed by atoms with Gasteiger partial charge in [-0.2, -0.15) is 0 Å². The highest BCUT2D eigenvalue weighted by Crippen LogP contribution is 2.33. The van der Waals surface area contributed by atoms with Gasteiger partial charge in [0.05, 0.1) is 21.3 Å². The molecule has 0 spiro atoms. The van der Waals surface area contributed by atoms with E-state index < -0.39 is 0 Å². The van der Waals surface area contributed by atoms with Gasteiger partial charge in [-0.1, -0.05) is 12.8 Å². The second kappa shape index (κ2) is 6.78. The molecule has 0 bridgehead atoms. The van der Waals surface area contributed by atoms with Crippen LogP contribution in [-0.4, -0.2) is 41.2 Å². The van der Waals surface area contributed by atoms with Crippen LogP contribution in [0.4, 0.5) is 0 Å². The van der Waals surface area contributed by atoms with Crippen molar-refractivity contribution in [3.05, 3.63) is 28.8 Å². The summed E-state index contributed by atoms with van der Waals surface area (Å²) in [5, 5.41) is 17.5. The van der Waals surface area contributed by atoms with E-state index in [-0.39, 0.29) is 17.9 Å². The third-order valence-electron chi connectivity index (χ3n) is 5.12. The molecule has 1 aromatic carbocycles. The van der Waals surface area contributed by atoms with Gasteiger partial charge < -0.3 is 15.7 Å². The summed E-state index contributed by atoms with van der Waals surface area (Å²) in [7, 11) is 0. The first-order valence-electron chi connectivity index (χ1n) is 8.81. The molecule has 128 valence electrons. The van der Waals surface area contributed by atoms with E-state index in [4.69, 9.17) is 0 Å². The number of carbonyl (C=O) groups excluding carboxylic acids is 1. The molecule has 3 N–H and O–H groups in total. The van der Waals surface area contributed by atoms with E-state index in [9.17, 15) is 9.90 Å². The van der Waals surface area contributed by atoms with Crippen molar-refractivity contribution in [1.29, 1.82) is 0 Å². The Balaban J connectivity index is 1.55. The summed E-state index contributed by atoms with van der Waals surface area (Å²) in [6.45, 7) is 1.53. The van der Waals surface area contributed by atoms with Crippen molar-refractivity contribution in [3.8, 4) is 0 Å². The molecule has 1 saturated heterocycles. The number of β-amino-alcohol motifs (C(OH)–C–C–N with tert-alkyl or cyclic N) is 1. The minimum atomic E-state index is -0.385. The Morgan fingerprint density at radius 1 is 1.29 bits per heavy atom. The summed E-state index contributed by atoms with van der Waals surface area (Å²) in [5.41, 5.74) is 1.62. The molecule has 1 aliphatic heterocycles. The standard InChI is InChI=1S/C18H23N3O2S/c22-15-10-19-8-7-13(15)18-21-14-6-5-11(9-16(14)24-18)17(23)20-12-3-1-2-4-12/h5-6,9,12-13,15,19,22H,1-4,7-8,10H2,(H,20,23)/t13-,15-/m1/s1. The van der Waals surface area contributed by atoms with E-state index in [1.807, 2.05) is 18.2 Å². The molecule has 6 heteroatoms. The zero-order valence-corrected chi connectivity index (χ0v) is 14.4. The van der Waals surface area contributed by atoms with Gasteiger partial charge in [0.2, 0.25) is 0 Å². The molecule has 24 heavy (non-hydrogen) atoms. The molecule has 2 atom stereocenters. The lowest BCUT2D eigenvalue weighted by atomic mass is 9.96. The summed E-state index contributed by atoms with van der Waals surface area (Å²) < 4.78 is 1.02. The van der Waals surface area contributed by atoms with Crippen LogP contribution in [0, 0.1) is 0 Å². The van der Waals surface area contributed by atoms with Gasteiger partial charge in [0, 0.05) is 24.1 Å². The average Bonchev–Trinajstić information content (AvgIpc) is 3.23. The third-order valence-corrected chi connectivity index (χ3v) is 6.27. The van der Waals surface area contributed by atoms with Crippen LogP contribution < -0.4 is 10.6 Å². The van der Waals surface area contributed by atoms with Gasteiger partial charge in [0.25, 0.3) is 5.91 Å². The van der Waals surface area contributed by atoms with Crippen molar-refractivity contribution in [2.45, 2.75) is 50.2 Å². The Morgan fingerprint density at radius 3 is 2.92 bits per heavy atom. The SMILES string of the molecule is O=C(NC1CCCC1)c1ccc2nc([C@@H]3CCNC[C@H]3O)sc2c1. The number of rotatable bonds is 3. The number of aliphatic hydroxyl groups is 1. The monoisotopic (exact) mass is 345 g/mol. The smallest absolute Gasteiger partial charge is 0.251 e. The maximum absolute atomic E-state index is 12.4. The number of hydrogen-bond acceptors (Lipinski definition) is 5. The summed E-state index contributed by atoms with van der Waals surface area (Å²) in [6, 6.07) is 6.05. The summed E-state index contributed by atoms with van der Waals surface area (Å²) >= 11 is 1.60. The predicted octanol–water partition coefficient (Wildman–Crippen LogP) is 2.41. The van der Waals surface area contributed by atoms with Crippen molar-refractivity contribution < 1.29 is 9.90 Å². The van der Waals surface area contributed by atoms with Crippen molar-refractivity contribution in [2.24, 2.45) is 0 Å². The number of thiazole rings is 1. The topological polar surface area (TPSA) is 74.2 Å². The lowest BCUT2D eigenvalue weighted by molar-refractivity contribution is 0.0938. The number of carbonyl (C=O) groups is 1. The number of aliphatic hydroxyl groups excluding tert-OH is 1. The molecular weight excluding hydrogens is 322 g/mol. The van der Waals surface area contributed by atoms with Crippen molar-refractivity contribution >= 4 is 27.5 Å². The second-order valence-electron chi connectivity index (χ2n) is 6.86. The number of nitrogens with zero attached hydrogens (tertiary/aromatic N) is 1. The molecule has 1 aliphatic carbocycles. The molecular formula is C18H23N3O2S. The lowest BCUT2D eigenvalue weighted by Crippen LogP contribution is -2.39. The maximum Gasteiger partial charge on any atom is 0.251 e. The molecule has 5 nitrogen and oxygen atoms in total. The first-order chi connectivity index (χ1) is 11.7. The normalized spacial score (nSPS) is 25.2. The average molecular weight is 345 g/mol. The number of nitrogens with one attached hydrogen (secondary N) is 2. The van der Waals surface area contributed by atoms with Crippen LogP contribution in [0.5, 0.6) is 0 Å². The zero-order valence-electron chi connectivity index (χ0n) is 13.6. The van der Waals surface area contributed by atoms with Crippen molar-refractivity contribution in [2.75, 3.05) is 13.1 Å². The number of benzene rings is 1. The van der Waals surface area contributed by atoms with Crippen LogP contribution >= 0.6 is 11.3 Å². The summed E-state index contributed by atoms with van der Waals surface area (Å²) in [4.78, 5) is 17.1. The predicted molar refractivity (Wildman–Crippen MR) is 95.6 cm³/mol. The Kier molecular flexibility index (Phi) is 4.52. The fourth-order valence-corrected chi connectivity index (χ4v) is 4.91. The van der Waals surface area contributed by atoms with Crippen molar-refractivity contribution in [3.63, 3.8) is 0 Å². The largest absolute Gasteiger partial charge is 0.391 e. The van der Waals surface area contributed by atoms with Crippen LogP contribution in [0.15, 0.2) is 18.2 Å². The van der Waals surface area contributed by atoms with E-state index in [0.717, 1.165) is 41.0 Å². The Labute approximate surface area is 145 Å². The molecule has 1 aromatic heterocycles. The van der Waals surface area contributed by atoms with Gasteiger partial charge in [0.15, 0.2) is 0 Å². The van der Waals surface area contributed by atoms with Crippen molar-refractivity contribution in [1.82, 2.24) is 15.6 Å². The van der Waals surface area contributed by atoms with E-state index in [1.54, 1.807) is 11.3 Å². The zero-order chi connectivity index (χ0) is 16.5. The van der Waals surface area contributed by atoms with E-state index in [1.165, 1.54) is 12.8 Å². The van der Waals surface area contributed by atoms with Crippen LogP contribution in [-0.2, 0) is 0 Å².